The number of para-hydroxylation sites is 1. The second-order valence-electron chi connectivity index (χ2n) is 4.60. The van der Waals surface area contributed by atoms with E-state index in [9.17, 15) is 19.7 Å². The number of nitrogens with zero attached hydrogens (tertiary/aromatic N) is 3. The van der Waals surface area contributed by atoms with Gasteiger partial charge in [0.2, 0.25) is 11.8 Å². The molecule has 1 aliphatic rings. The summed E-state index contributed by atoms with van der Waals surface area (Å²) < 4.78 is 0. The molecule has 114 valence electrons. The lowest BCUT2D eigenvalue weighted by Gasteiger charge is -2.05. The van der Waals surface area contributed by atoms with Gasteiger partial charge in [-0.25, -0.2) is 10.9 Å². The minimum Gasteiger partial charge on any atom is -0.273 e. The number of hydrogen-bond donors (Lipinski definition) is 2. The summed E-state index contributed by atoms with van der Waals surface area (Å²) in [6, 6.07) is 6.01. The Hall–Kier alpha value is -3.10. The summed E-state index contributed by atoms with van der Waals surface area (Å²) in [5.41, 5.74) is 5.21. The number of amides is 2. The molecule has 2 N–H and O–H groups in total. The van der Waals surface area contributed by atoms with Gasteiger partial charge in [0.25, 0.3) is 5.69 Å². The van der Waals surface area contributed by atoms with Gasteiger partial charge in [0, 0.05) is 18.2 Å². The van der Waals surface area contributed by atoms with Gasteiger partial charge in [0.05, 0.1) is 22.6 Å². The first kappa shape index (κ1) is 15.3. The number of hydrazone groups is 2. The minimum absolute atomic E-state index is 0.0879. The maximum absolute atomic E-state index is 11.7. The molecule has 0 spiro atoms. The Labute approximate surface area is 125 Å². The SMILES string of the molecule is CC1=NNC(=O)C1CC(=O)N/N=C/c1ccccc1[N+](=O)[O-]. The first-order valence-corrected chi connectivity index (χ1v) is 6.38. The van der Waals surface area contributed by atoms with Crippen molar-refractivity contribution in [2.24, 2.45) is 16.1 Å². The molecule has 0 saturated heterocycles. The molecule has 0 aromatic heterocycles. The molecule has 1 aliphatic heterocycles. The van der Waals surface area contributed by atoms with Crippen molar-refractivity contribution in [3.63, 3.8) is 0 Å². The van der Waals surface area contributed by atoms with Gasteiger partial charge >= 0.3 is 0 Å². The second-order valence-corrected chi connectivity index (χ2v) is 4.60. The number of nitro groups is 1. The average molecular weight is 303 g/mol. The van der Waals surface area contributed by atoms with Crippen LogP contribution in [0.15, 0.2) is 34.5 Å². The molecule has 1 unspecified atom stereocenters. The molecular weight excluding hydrogens is 290 g/mol. The summed E-state index contributed by atoms with van der Waals surface area (Å²) in [7, 11) is 0. The molecule has 1 aromatic rings. The van der Waals surface area contributed by atoms with Crippen molar-refractivity contribution in [3.8, 4) is 0 Å². The lowest BCUT2D eigenvalue weighted by atomic mass is 10.0. The van der Waals surface area contributed by atoms with E-state index < -0.39 is 16.7 Å². The van der Waals surface area contributed by atoms with Crippen molar-refractivity contribution in [2.45, 2.75) is 13.3 Å². The Morgan fingerprint density at radius 1 is 1.55 bits per heavy atom. The molecule has 22 heavy (non-hydrogen) atoms. The third kappa shape index (κ3) is 3.51. The molecule has 1 atom stereocenters. The Kier molecular flexibility index (Phi) is 4.57. The van der Waals surface area contributed by atoms with E-state index in [4.69, 9.17) is 0 Å². The Balaban J connectivity index is 1.95. The van der Waals surface area contributed by atoms with Gasteiger partial charge in [-0.15, -0.1) is 0 Å². The van der Waals surface area contributed by atoms with Crippen molar-refractivity contribution in [1.29, 1.82) is 0 Å². The predicted molar refractivity (Wildman–Crippen MR) is 78.2 cm³/mol. The molecule has 1 heterocycles. The number of carbonyl (C=O) groups excluding carboxylic acids is 2. The highest BCUT2D eigenvalue weighted by Gasteiger charge is 2.28. The van der Waals surface area contributed by atoms with Gasteiger partial charge in [-0.05, 0) is 13.0 Å². The molecule has 0 fully saturated rings. The smallest absolute Gasteiger partial charge is 0.273 e. The fraction of sp³-hybridized carbons (Fsp3) is 0.231. The topological polar surface area (TPSA) is 126 Å². The molecule has 2 rings (SSSR count). The van der Waals surface area contributed by atoms with Crippen molar-refractivity contribution < 1.29 is 14.5 Å². The minimum atomic E-state index is -0.610. The van der Waals surface area contributed by atoms with Crippen molar-refractivity contribution in [3.05, 3.63) is 39.9 Å². The highest BCUT2D eigenvalue weighted by atomic mass is 16.6. The molecular formula is C13H13N5O4. The number of rotatable bonds is 5. The maximum Gasteiger partial charge on any atom is 0.278 e. The Morgan fingerprint density at radius 2 is 2.27 bits per heavy atom. The van der Waals surface area contributed by atoms with Crippen LogP contribution in [0.2, 0.25) is 0 Å². The van der Waals surface area contributed by atoms with Crippen LogP contribution in [0.5, 0.6) is 0 Å². The largest absolute Gasteiger partial charge is 0.278 e. The highest BCUT2D eigenvalue weighted by Crippen LogP contribution is 2.15. The average Bonchev–Trinajstić information content (AvgIpc) is 2.79. The molecule has 9 nitrogen and oxygen atoms in total. The van der Waals surface area contributed by atoms with E-state index in [0.29, 0.717) is 5.71 Å². The predicted octanol–water partition coefficient (Wildman–Crippen LogP) is 0.557. The lowest BCUT2D eigenvalue weighted by molar-refractivity contribution is -0.385. The second kappa shape index (κ2) is 6.57. The van der Waals surface area contributed by atoms with E-state index in [1.807, 2.05) is 0 Å². The van der Waals surface area contributed by atoms with Crippen LogP contribution in [0.3, 0.4) is 0 Å². The van der Waals surface area contributed by atoms with Crippen LogP contribution in [0.25, 0.3) is 0 Å². The maximum atomic E-state index is 11.7. The molecule has 0 saturated carbocycles. The van der Waals surface area contributed by atoms with Crippen LogP contribution in [-0.4, -0.2) is 28.7 Å². The molecule has 2 amide bonds. The summed E-state index contributed by atoms with van der Waals surface area (Å²) in [6.07, 6.45) is 1.10. The van der Waals surface area contributed by atoms with Crippen molar-refractivity contribution in [1.82, 2.24) is 10.9 Å². The normalized spacial score (nSPS) is 17.2. The summed E-state index contributed by atoms with van der Waals surface area (Å²) >= 11 is 0. The Bertz CT molecular complexity index is 683. The van der Waals surface area contributed by atoms with Gasteiger partial charge < -0.3 is 0 Å². The highest BCUT2D eigenvalue weighted by molar-refractivity contribution is 6.09. The van der Waals surface area contributed by atoms with Crippen LogP contribution in [0.4, 0.5) is 5.69 Å². The zero-order chi connectivity index (χ0) is 16.1. The van der Waals surface area contributed by atoms with Gasteiger partial charge in [-0.3, -0.25) is 19.7 Å². The Morgan fingerprint density at radius 3 is 2.91 bits per heavy atom. The summed E-state index contributed by atoms with van der Waals surface area (Å²) in [6.45, 7) is 1.65. The van der Waals surface area contributed by atoms with E-state index in [1.165, 1.54) is 24.4 Å². The molecule has 0 radical (unpaired) electrons. The third-order valence-electron chi connectivity index (χ3n) is 3.08. The zero-order valence-corrected chi connectivity index (χ0v) is 11.6. The van der Waals surface area contributed by atoms with Gasteiger partial charge in [-0.2, -0.15) is 10.2 Å². The number of nitrogens with one attached hydrogen (secondary N) is 2. The van der Waals surface area contributed by atoms with Crippen LogP contribution in [0, 0.1) is 16.0 Å². The molecule has 0 bridgehead atoms. The van der Waals surface area contributed by atoms with E-state index in [1.54, 1.807) is 13.0 Å². The van der Waals surface area contributed by atoms with Gasteiger partial charge in [-0.1, -0.05) is 12.1 Å². The van der Waals surface area contributed by atoms with Gasteiger partial charge in [0.15, 0.2) is 0 Å². The fourth-order valence-corrected chi connectivity index (χ4v) is 1.90. The molecule has 9 heteroatoms. The first-order chi connectivity index (χ1) is 10.5. The molecule has 1 aromatic carbocycles. The fourth-order valence-electron chi connectivity index (χ4n) is 1.90. The van der Waals surface area contributed by atoms with E-state index in [0.717, 1.165) is 0 Å². The van der Waals surface area contributed by atoms with E-state index in [2.05, 4.69) is 21.1 Å². The van der Waals surface area contributed by atoms with Crippen LogP contribution >= 0.6 is 0 Å². The van der Waals surface area contributed by atoms with Crippen molar-refractivity contribution in [2.75, 3.05) is 0 Å². The van der Waals surface area contributed by atoms with E-state index >= 15 is 0 Å². The summed E-state index contributed by atoms with van der Waals surface area (Å²) in [5, 5.41) is 18.2. The number of benzene rings is 1. The monoisotopic (exact) mass is 303 g/mol. The first-order valence-electron chi connectivity index (χ1n) is 6.38. The summed E-state index contributed by atoms with van der Waals surface area (Å²) in [5.74, 6) is -1.43. The summed E-state index contributed by atoms with van der Waals surface area (Å²) in [4.78, 5) is 33.4. The van der Waals surface area contributed by atoms with Crippen LogP contribution in [-0.2, 0) is 9.59 Å². The van der Waals surface area contributed by atoms with Gasteiger partial charge in [0.1, 0.15) is 0 Å². The number of carbonyl (C=O) groups is 2. The third-order valence-corrected chi connectivity index (χ3v) is 3.08. The number of hydrogen-bond acceptors (Lipinski definition) is 6. The van der Waals surface area contributed by atoms with Crippen molar-refractivity contribution >= 4 is 29.4 Å². The lowest BCUT2D eigenvalue weighted by Crippen LogP contribution is -2.29. The van der Waals surface area contributed by atoms with E-state index in [-0.39, 0.29) is 23.6 Å². The molecule has 0 aliphatic carbocycles. The number of nitro benzene ring substituents is 1. The van der Waals surface area contributed by atoms with Crippen LogP contribution in [0.1, 0.15) is 18.9 Å². The van der Waals surface area contributed by atoms with Crippen LogP contribution < -0.4 is 10.9 Å². The standard InChI is InChI=1S/C13H13N5O4/c1-8-10(13(20)17-15-8)6-12(19)16-14-7-9-4-2-3-5-11(9)18(21)22/h2-5,7,10H,6H2,1H3,(H,16,19)(H,17,20)/b14-7+. The quantitative estimate of drug-likeness (QED) is 0.468. The zero-order valence-electron chi connectivity index (χ0n) is 11.6.